The van der Waals surface area contributed by atoms with E-state index in [4.69, 9.17) is 21.1 Å². The fourth-order valence-electron chi connectivity index (χ4n) is 3.59. The van der Waals surface area contributed by atoms with Gasteiger partial charge in [-0.15, -0.1) is 0 Å². The molecule has 1 fully saturated rings. The number of nitrogens with zero attached hydrogens (tertiary/aromatic N) is 1. The second-order valence-electron chi connectivity index (χ2n) is 8.15. The highest BCUT2D eigenvalue weighted by molar-refractivity contribution is 8.18. The minimum absolute atomic E-state index is 0.0260. The van der Waals surface area contributed by atoms with Crippen LogP contribution in [0.4, 0.5) is 14.9 Å². The lowest BCUT2D eigenvalue weighted by atomic mass is 10.1. The molecule has 1 aliphatic rings. The molecule has 0 saturated carbocycles. The molecule has 39 heavy (non-hydrogen) atoms. The van der Waals surface area contributed by atoms with Gasteiger partial charge in [0.2, 0.25) is 5.91 Å². The lowest BCUT2D eigenvalue weighted by molar-refractivity contribution is -0.127. The summed E-state index contributed by atoms with van der Waals surface area (Å²) in [6.07, 6.45) is 1.49. The molecular formula is C28H22ClFN2O6S. The number of ether oxygens (including phenoxy) is 2. The third-order valence-electron chi connectivity index (χ3n) is 5.47. The first-order valence-corrected chi connectivity index (χ1v) is 12.9. The summed E-state index contributed by atoms with van der Waals surface area (Å²) < 4.78 is 24.7. The molecule has 1 saturated heterocycles. The van der Waals surface area contributed by atoms with Crippen molar-refractivity contribution in [2.75, 3.05) is 18.5 Å². The van der Waals surface area contributed by atoms with Gasteiger partial charge < -0.3 is 14.8 Å². The summed E-state index contributed by atoms with van der Waals surface area (Å²) in [6.45, 7) is 1.24. The number of carbonyl (C=O) groups is 4. The number of nitrogens with one attached hydrogen (secondary N) is 1. The van der Waals surface area contributed by atoms with Crippen LogP contribution in [-0.4, -0.2) is 41.1 Å². The minimum atomic E-state index is -0.649. The number of rotatable bonds is 9. The number of halogens is 2. The van der Waals surface area contributed by atoms with Gasteiger partial charge in [-0.2, -0.15) is 0 Å². The molecule has 4 rings (SSSR count). The van der Waals surface area contributed by atoms with Crippen molar-refractivity contribution in [1.82, 2.24) is 4.90 Å². The van der Waals surface area contributed by atoms with Gasteiger partial charge in [0.1, 0.15) is 24.7 Å². The number of para-hydroxylation sites is 1. The standard InChI is InChI=1S/C28H22ClFN2O6S/c1-2-37-27(35)20-14-19(11-12-21(20)29)31-25(33)15-32-26(34)24(39-28(32)36)13-17-7-4-6-10-23(17)38-16-18-8-3-5-9-22(18)30/h3-14H,2,15-16H2,1H3,(H,31,33)/b24-13+. The van der Waals surface area contributed by atoms with Crippen molar-refractivity contribution in [3.8, 4) is 5.75 Å². The molecule has 200 valence electrons. The summed E-state index contributed by atoms with van der Waals surface area (Å²) in [5, 5.41) is 2.09. The largest absolute Gasteiger partial charge is 0.488 e. The van der Waals surface area contributed by atoms with Crippen molar-refractivity contribution in [2.24, 2.45) is 0 Å². The van der Waals surface area contributed by atoms with Crippen molar-refractivity contribution < 1.29 is 33.0 Å². The van der Waals surface area contributed by atoms with E-state index >= 15 is 0 Å². The summed E-state index contributed by atoms with van der Waals surface area (Å²) in [5.41, 5.74) is 1.20. The van der Waals surface area contributed by atoms with Crippen LogP contribution in [0, 0.1) is 5.82 Å². The summed E-state index contributed by atoms with van der Waals surface area (Å²) in [4.78, 5) is 51.1. The van der Waals surface area contributed by atoms with Crippen LogP contribution in [0.2, 0.25) is 5.02 Å². The van der Waals surface area contributed by atoms with Crippen LogP contribution in [0.15, 0.2) is 71.6 Å². The van der Waals surface area contributed by atoms with Crippen molar-refractivity contribution >= 4 is 58.1 Å². The Balaban J connectivity index is 1.44. The molecule has 0 spiro atoms. The predicted octanol–water partition coefficient (Wildman–Crippen LogP) is 5.91. The number of thioether (sulfide) groups is 1. The number of esters is 1. The number of imide groups is 1. The fourth-order valence-corrected chi connectivity index (χ4v) is 4.62. The predicted molar refractivity (Wildman–Crippen MR) is 146 cm³/mol. The summed E-state index contributed by atoms with van der Waals surface area (Å²) in [7, 11) is 0. The van der Waals surface area contributed by atoms with E-state index in [1.807, 2.05) is 0 Å². The molecule has 0 bridgehead atoms. The molecule has 3 aromatic rings. The van der Waals surface area contributed by atoms with Gasteiger partial charge in [0.15, 0.2) is 0 Å². The minimum Gasteiger partial charge on any atom is -0.488 e. The lowest BCUT2D eigenvalue weighted by Gasteiger charge is -2.13. The number of hydrogen-bond acceptors (Lipinski definition) is 7. The van der Waals surface area contributed by atoms with E-state index in [0.717, 1.165) is 4.90 Å². The Morgan fingerprint density at radius 3 is 2.59 bits per heavy atom. The second-order valence-corrected chi connectivity index (χ2v) is 9.55. The van der Waals surface area contributed by atoms with E-state index in [0.29, 0.717) is 28.6 Å². The quantitative estimate of drug-likeness (QED) is 0.253. The molecule has 0 radical (unpaired) electrons. The molecule has 0 aliphatic carbocycles. The Bertz CT molecular complexity index is 1480. The SMILES string of the molecule is CCOC(=O)c1cc(NC(=O)CN2C(=O)S/C(=C/c3ccccc3OCc3ccccc3F)C2=O)ccc1Cl. The molecule has 1 N–H and O–H groups in total. The highest BCUT2D eigenvalue weighted by atomic mass is 35.5. The van der Waals surface area contributed by atoms with E-state index in [1.165, 1.54) is 30.3 Å². The highest BCUT2D eigenvalue weighted by Crippen LogP contribution is 2.34. The zero-order valence-corrected chi connectivity index (χ0v) is 22.2. The van der Waals surface area contributed by atoms with Gasteiger partial charge in [0.05, 0.1) is 22.1 Å². The average Bonchev–Trinajstić information content (AvgIpc) is 3.17. The Morgan fingerprint density at radius 2 is 1.82 bits per heavy atom. The summed E-state index contributed by atoms with van der Waals surface area (Å²) in [5.74, 6) is -1.94. The molecule has 0 atom stereocenters. The number of benzene rings is 3. The molecule has 3 aromatic carbocycles. The Morgan fingerprint density at radius 1 is 1.08 bits per heavy atom. The van der Waals surface area contributed by atoms with Gasteiger partial charge >= 0.3 is 5.97 Å². The van der Waals surface area contributed by atoms with Crippen LogP contribution >= 0.6 is 23.4 Å². The first-order chi connectivity index (χ1) is 18.8. The van der Waals surface area contributed by atoms with Gasteiger partial charge in [-0.25, -0.2) is 9.18 Å². The number of carbonyl (C=O) groups excluding carboxylic acids is 4. The van der Waals surface area contributed by atoms with Crippen molar-refractivity contribution in [2.45, 2.75) is 13.5 Å². The van der Waals surface area contributed by atoms with Crippen LogP contribution in [0.1, 0.15) is 28.4 Å². The van der Waals surface area contributed by atoms with Gasteiger partial charge in [-0.05, 0) is 55.1 Å². The van der Waals surface area contributed by atoms with Crippen LogP contribution in [0.5, 0.6) is 5.75 Å². The first kappa shape index (κ1) is 27.9. The smallest absolute Gasteiger partial charge is 0.339 e. The molecule has 0 unspecified atom stereocenters. The Labute approximate surface area is 232 Å². The zero-order chi connectivity index (χ0) is 27.9. The fraction of sp³-hybridized carbons (Fsp3) is 0.143. The molecular weight excluding hydrogens is 547 g/mol. The normalized spacial score (nSPS) is 14.0. The zero-order valence-electron chi connectivity index (χ0n) is 20.6. The average molecular weight is 569 g/mol. The van der Waals surface area contributed by atoms with Crippen molar-refractivity contribution in [3.63, 3.8) is 0 Å². The van der Waals surface area contributed by atoms with Gasteiger partial charge in [0.25, 0.3) is 11.1 Å². The van der Waals surface area contributed by atoms with Crippen LogP contribution in [0.3, 0.4) is 0 Å². The third-order valence-corrected chi connectivity index (χ3v) is 6.70. The highest BCUT2D eigenvalue weighted by Gasteiger charge is 2.36. The van der Waals surface area contributed by atoms with E-state index in [2.05, 4.69) is 5.32 Å². The third kappa shape index (κ3) is 6.84. The summed E-state index contributed by atoms with van der Waals surface area (Å²) >= 11 is 6.73. The second kappa shape index (κ2) is 12.6. The topological polar surface area (TPSA) is 102 Å². The van der Waals surface area contributed by atoms with Gasteiger partial charge in [-0.3, -0.25) is 19.3 Å². The number of hydrogen-bond donors (Lipinski definition) is 1. The maximum Gasteiger partial charge on any atom is 0.339 e. The van der Waals surface area contributed by atoms with E-state index in [9.17, 15) is 23.6 Å². The maximum absolute atomic E-state index is 14.0. The van der Waals surface area contributed by atoms with Crippen LogP contribution < -0.4 is 10.1 Å². The van der Waals surface area contributed by atoms with E-state index in [1.54, 1.807) is 49.4 Å². The van der Waals surface area contributed by atoms with Gasteiger partial charge in [0, 0.05) is 16.8 Å². The number of amides is 3. The Kier molecular flexibility index (Phi) is 9.00. The van der Waals surface area contributed by atoms with Crippen molar-refractivity contribution in [1.29, 1.82) is 0 Å². The molecule has 1 heterocycles. The molecule has 0 aromatic heterocycles. The lowest BCUT2D eigenvalue weighted by Crippen LogP contribution is -2.36. The van der Waals surface area contributed by atoms with Crippen LogP contribution in [0.25, 0.3) is 6.08 Å². The van der Waals surface area contributed by atoms with E-state index < -0.39 is 35.4 Å². The monoisotopic (exact) mass is 568 g/mol. The van der Waals surface area contributed by atoms with Crippen LogP contribution in [-0.2, 0) is 20.9 Å². The van der Waals surface area contributed by atoms with Crippen molar-refractivity contribution in [3.05, 3.63) is 99.2 Å². The van der Waals surface area contributed by atoms with Gasteiger partial charge in [-0.1, -0.05) is 48.0 Å². The number of anilines is 1. The molecule has 8 nitrogen and oxygen atoms in total. The first-order valence-electron chi connectivity index (χ1n) is 11.7. The summed E-state index contributed by atoms with van der Waals surface area (Å²) in [6, 6.07) is 17.3. The molecule has 1 aliphatic heterocycles. The Hall–Kier alpha value is -4.15. The molecule has 11 heteroatoms. The molecule has 3 amide bonds. The van der Waals surface area contributed by atoms with E-state index in [-0.39, 0.29) is 34.4 Å². The maximum atomic E-state index is 14.0.